The summed E-state index contributed by atoms with van der Waals surface area (Å²) >= 11 is 0. The van der Waals surface area contributed by atoms with Crippen molar-refractivity contribution in [2.75, 3.05) is 20.8 Å². The molecule has 6 nitrogen and oxygen atoms in total. The Bertz CT molecular complexity index is 931. The molecular weight excluding hydrogens is 382 g/mol. The van der Waals surface area contributed by atoms with Gasteiger partial charge >= 0.3 is 5.97 Å². The van der Waals surface area contributed by atoms with Crippen molar-refractivity contribution in [3.63, 3.8) is 0 Å². The summed E-state index contributed by atoms with van der Waals surface area (Å²) in [5.74, 6) is 0.977. The van der Waals surface area contributed by atoms with E-state index in [4.69, 9.17) is 19.0 Å². The SMILES string of the molecule is CO/C=C(/C(=O)OC)c1ccccc1COc1ccc(/C=N/OCC2CC2)cc1C. The lowest BCUT2D eigenvalue weighted by molar-refractivity contribution is -0.133. The Labute approximate surface area is 177 Å². The summed E-state index contributed by atoms with van der Waals surface area (Å²) in [4.78, 5) is 17.4. The standard InChI is InChI=1S/C24H27NO5/c1-17-12-19(13-25-30-14-18-8-9-18)10-11-23(17)29-15-20-6-4-5-7-21(20)22(16-27-2)24(26)28-3/h4-7,10-13,16,18H,8-9,14-15H2,1-3H3/b22-16+,25-13+. The molecule has 2 aromatic carbocycles. The maximum atomic E-state index is 12.1. The van der Waals surface area contributed by atoms with E-state index in [9.17, 15) is 4.79 Å². The van der Waals surface area contributed by atoms with Gasteiger partial charge in [0.15, 0.2) is 0 Å². The van der Waals surface area contributed by atoms with E-state index in [0.717, 1.165) is 22.4 Å². The molecule has 6 heteroatoms. The first-order valence-electron chi connectivity index (χ1n) is 9.90. The van der Waals surface area contributed by atoms with Crippen molar-refractivity contribution in [2.24, 2.45) is 11.1 Å². The van der Waals surface area contributed by atoms with Crippen LogP contribution in [0.3, 0.4) is 0 Å². The van der Waals surface area contributed by atoms with Crippen LogP contribution in [0.5, 0.6) is 5.75 Å². The highest BCUT2D eigenvalue weighted by Gasteiger charge is 2.21. The van der Waals surface area contributed by atoms with Gasteiger partial charge in [0, 0.05) is 0 Å². The maximum absolute atomic E-state index is 12.1. The van der Waals surface area contributed by atoms with Crippen LogP contribution in [0.4, 0.5) is 0 Å². The minimum atomic E-state index is -0.465. The number of hydrogen-bond donors (Lipinski definition) is 0. The fourth-order valence-corrected chi connectivity index (χ4v) is 2.96. The lowest BCUT2D eigenvalue weighted by Crippen LogP contribution is -2.08. The number of esters is 1. The van der Waals surface area contributed by atoms with Gasteiger partial charge in [0.2, 0.25) is 0 Å². The molecule has 30 heavy (non-hydrogen) atoms. The fraction of sp³-hybridized carbons (Fsp3) is 0.333. The van der Waals surface area contributed by atoms with Gasteiger partial charge in [-0.05, 0) is 66.1 Å². The van der Waals surface area contributed by atoms with Crippen LogP contribution in [-0.4, -0.2) is 33.0 Å². The third-order valence-corrected chi connectivity index (χ3v) is 4.81. The second-order valence-electron chi connectivity index (χ2n) is 7.20. The Morgan fingerprint density at radius 3 is 2.67 bits per heavy atom. The average molecular weight is 409 g/mol. The van der Waals surface area contributed by atoms with Crippen LogP contribution in [0, 0.1) is 12.8 Å². The molecule has 0 N–H and O–H groups in total. The number of benzene rings is 2. The summed E-state index contributed by atoms with van der Waals surface area (Å²) in [6.07, 6.45) is 5.58. The first-order valence-corrected chi connectivity index (χ1v) is 9.90. The van der Waals surface area contributed by atoms with Crippen molar-refractivity contribution in [2.45, 2.75) is 26.4 Å². The Morgan fingerprint density at radius 1 is 1.17 bits per heavy atom. The third-order valence-electron chi connectivity index (χ3n) is 4.81. The van der Waals surface area contributed by atoms with Crippen molar-refractivity contribution < 1.29 is 23.8 Å². The number of rotatable bonds is 10. The zero-order valence-corrected chi connectivity index (χ0v) is 17.6. The molecule has 3 rings (SSSR count). The summed E-state index contributed by atoms with van der Waals surface area (Å²) in [5, 5.41) is 4.03. The molecule has 1 fully saturated rings. The van der Waals surface area contributed by atoms with Gasteiger partial charge in [0.25, 0.3) is 0 Å². The van der Waals surface area contributed by atoms with Crippen molar-refractivity contribution in [3.05, 3.63) is 71.0 Å². The highest BCUT2D eigenvalue weighted by atomic mass is 16.6. The van der Waals surface area contributed by atoms with E-state index in [-0.39, 0.29) is 0 Å². The van der Waals surface area contributed by atoms with E-state index in [1.807, 2.05) is 49.4 Å². The summed E-state index contributed by atoms with van der Waals surface area (Å²) < 4.78 is 16.0. The quantitative estimate of drug-likeness (QED) is 0.190. The molecule has 1 saturated carbocycles. The van der Waals surface area contributed by atoms with Gasteiger partial charge in [-0.1, -0.05) is 29.4 Å². The Hall–Kier alpha value is -3.28. The third kappa shape index (κ3) is 5.86. The maximum Gasteiger partial charge on any atom is 0.341 e. The molecule has 0 aromatic heterocycles. The predicted molar refractivity (Wildman–Crippen MR) is 115 cm³/mol. The van der Waals surface area contributed by atoms with Gasteiger partial charge in [0.1, 0.15) is 24.5 Å². The van der Waals surface area contributed by atoms with Crippen LogP contribution in [0.2, 0.25) is 0 Å². The van der Waals surface area contributed by atoms with Crippen LogP contribution in [0.15, 0.2) is 53.9 Å². The number of methoxy groups -OCH3 is 2. The highest BCUT2D eigenvalue weighted by molar-refractivity contribution is 6.16. The lowest BCUT2D eigenvalue weighted by Gasteiger charge is -2.14. The van der Waals surface area contributed by atoms with Crippen LogP contribution >= 0.6 is 0 Å². The fourth-order valence-electron chi connectivity index (χ4n) is 2.96. The minimum Gasteiger partial charge on any atom is -0.503 e. The molecule has 0 radical (unpaired) electrons. The largest absolute Gasteiger partial charge is 0.503 e. The average Bonchev–Trinajstić information content (AvgIpc) is 3.59. The van der Waals surface area contributed by atoms with E-state index in [0.29, 0.717) is 30.3 Å². The number of hydrogen-bond acceptors (Lipinski definition) is 6. The second kappa shape index (κ2) is 10.5. The second-order valence-corrected chi connectivity index (χ2v) is 7.20. The van der Waals surface area contributed by atoms with Crippen LogP contribution in [0.25, 0.3) is 5.57 Å². The van der Waals surface area contributed by atoms with E-state index in [2.05, 4.69) is 5.16 Å². The number of aryl methyl sites for hydroxylation is 1. The summed E-state index contributed by atoms with van der Waals surface area (Å²) in [6, 6.07) is 13.4. The van der Waals surface area contributed by atoms with Gasteiger partial charge in [0.05, 0.1) is 26.7 Å². The zero-order valence-electron chi connectivity index (χ0n) is 17.6. The molecule has 0 atom stereocenters. The lowest BCUT2D eigenvalue weighted by atomic mass is 10.0. The van der Waals surface area contributed by atoms with Crippen molar-refractivity contribution in [1.82, 2.24) is 0 Å². The summed E-state index contributed by atoms with van der Waals surface area (Å²) in [5.41, 5.74) is 3.84. The van der Waals surface area contributed by atoms with Crippen LogP contribution < -0.4 is 4.74 Å². The van der Waals surface area contributed by atoms with Crippen molar-refractivity contribution >= 4 is 17.8 Å². The van der Waals surface area contributed by atoms with E-state index in [1.165, 1.54) is 33.3 Å². The number of ether oxygens (including phenoxy) is 3. The molecule has 1 aliphatic rings. The number of oxime groups is 1. The number of nitrogens with zero attached hydrogens (tertiary/aromatic N) is 1. The van der Waals surface area contributed by atoms with Crippen molar-refractivity contribution in [3.8, 4) is 5.75 Å². The van der Waals surface area contributed by atoms with E-state index in [1.54, 1.807) is 6.21 Å². The topological polar surface area (TPSA) is 66.4 Å². The molecule has 2 aromatic rings. The van der Waals surface area contributed by atoms with Gasteiger partial charge in [-0.15, -0.1) is 0 Å². The Morgan fingerprint density at radius 2 is 1.97 bits per heavy atom. The summed E-state index contributed by atoms with van der Waals surface area (Å²) in [6.45, 7) is 2.97. The van der Waals surface area contributed by atoms with E-state index < -0.39 is 5.97 Å². The molecule has 0 amide bonds. The molecule has 158 valence electrons. The normalized spacial score (nSPS) is 13.9. The molecule has 1 aliphatic carbocycles. The number of carbonyl (C=O) groups is 1. The molecule has 0 aliphatic heterocycles. The molecule has 0 saturated heterocycles. The van der Waals surface area contributed by atoms with Crippen LogP contribution in [-0.2, 0) is 25.7 Å². The Kier molecular flexibility index (Phi) is 7.49. The van der Waals surface area contributed by atoms with Gasteiger partial charge < -0.3 is 19.0 Å². The zero-order chi connectivity index (χ0) is 21.3. The predicted octanol–water partition coefficient (Wildman–Crippen LogP) is 4.49. The molecule has 0 spiro atoms. The monoisotopic (exact) mass is 409 g/mol. The number of carbonyl (C=O) groups excluding carboxylic acids is 1. The first kappa shape index (κ1) is 21.4. The van der Waals surface area contributed by atoms with Gasteiger partial charge in [-0.3, -0.25) is 0 Å². The molecular formula is C24H27NO5. The van der Waals surface area contributed by atoms with Gasteiger partial charge in [-0.25, -0.2) is 4.79 Å². The molecule has 0 heterocycles. The van der Waals surface area contributed by atoms with E-state index >= 15 is 0 Å². The van der Waals surface area contributed by atoms with Crippen molar-refractivity contribution in [1.29, 1.82) is 0 Å². The smallest absolute Gasteiger partial charge is 0.341 e. The summed E-state index contributed by atoms with van der Waals surface area (Å²) in [7, 11) is 2.84. The highest BCUT2D eigenvalue weighted by Crippen LogP contribution is 2.29. The minimum absolute atomic E-state index is 0.299. The van der Waals surface area contributed by atoms with Crippen LogP contribution in [0.1, 0.15) is 35.1 Å². The first-order chi connectivity index (χ1) is 14.6. The Balaban J connectivity index is 1.68. The molecule has 0 bridgehead atoms. The van der Waals surface area contributed by atoms with Gasteiger partial charge in [-0.2, -0.15) is 0 Å². The molecule has 0 unspecified atom stereocenters.